The number of aliphatic imine (C=N–C) groups is 1. The Morgan fingerprint density at radius 3 is 2.74 bits per heavy atom. The van der Waals surface area contributed by atoms with Gasteiger partial charge in [-0.2, -0.15) is 5.26 Å². The number of hydrogen-bond acceptors (Lipinski definition) is 5. The lowest BCUT2D eigenvalue weighted by Crippen LogP contribution is -2.51. The minimum absolute atomic E-state index is 0.0491. The van der Waals surface area contributed by atoms with Crippen LogP contribution in [-0.4, -0.2) is 28.6 Å². The molecule has 6 nitrogen and oxygen atoms in total. The van der Waals surface area contributed by atoms with Crippen molar-refractivity contribution in [3.8, 4) is 18.4 Å². The molecule has 0 saturated heterocycles. The van der Waals surface area contributed by atoms with Crippen LogP contribution in [0.3, 0.4) is 0 Å². The molecular weight excluding hydrogens is 407 g/mol. The molecule has 1 aliphatic heterocycles. The average molecular weight is 425 g/mol. The third-order valence-corrected chi connectivity index (χ3v) is 5.12. The van der Waals surface area contributed by atoms with E-state index < -0.39 is 41.4 Å². The summed E-state index contributed by atoms with van der Waals surface area (Å²) in [5.41, 5.74) is 1.76. The largest absolute Gasteiger partial charge is 0.385 e. The summed E-state index contributed by atoms with van der Waals surface area (Å²) in [6, 6.07) is 6.79. The van der Waals surface area contributed by atoms with E-state index in [1.807, 2.05) is 6.07 Å². The van der Waals surface area contributed by atoms with Gasteiger partial charge in [0, 0.05) is 23.9 Å². The zero-order chi connectivity index (χ0) is 23.0. The number of hydrogen-bond donors (Lipinski definition) is 2. The minimum Gasteiger partial charge on any atom is -0.385 e. The van der Waals surface area contributed by atoms with Crippen molar-refractivity contribution in [2.75, 3.05) is 5.32 Å². The number of terminal acetylenes is 1. The van der Waals surface area contributed by atoms with Crippen LogP contribution in [0.15, 0.2) is 35.5 Å². The van der Waals surface area contributed by atoms with Crippen LogP contribution in [0.5, 0.6) is 0 Å². The van der Waals surface area contributed by atoms with Crippen molar-refractivity contribution in [2.24, 2.45) is 10.7 Å². The highest BCUT2D eigenvalue weighted by molar-refractivity contribution is 6.04. The second-order valence-electron chi connectivity index (χ2n) is 7.43. The standard InChI is InChI=1S/C22H18F3N5O/c1-4-22(17(24)9-21(3,25)20(27)30-22)15-8-14(5-6-16(15)23)29-19(31)18-12(2)7-13(10-26)11-28-18/h1,5-8,11,17H,9H2,2-3H3,(H2,27,30)(H,29,31)/t17-,21-,22+/m0/s1. The fourth-order valence-corrected chi connectivity index (χ4v) is 3.35. The van der Waals surface area contributed by atoms with Crippen molar-refractivity contribution in [1.82, 2.24) is 4.98 Å². The van der Waals surface area contributed by atoms with Crippen molar-refractivity contribution in [2.45, 2.75) is 37.6 Å². The molecule has 9 heteroatoms. The molecule has 3 rings (SSSR count). The van der Waals surface area contributed by atoms with Crippen molar-refractivity contribution in [3.63, 3.8) is 0 Å². The zero-order valence-electron chi connectivity index (χ0n) is 16.7. The molecule has 0 saturated carbocycles. The van der Waals surface area contributed by atoms with Crippen LogP contribution in [0.2, 0.25) is 0 Å². The molecule has 0 unspecified atom stereocenters. The summed E-state index contributed by atoms with van der Waals surface area (Å²) in [7, 11) is 0. The van der Waals surface area contributed by atoms with Gasteiger partial charge in [-0.1, -0.05) is 5.92 Å². The number of amides is 1. The van der Waals surface area contributed by atoms with Crippen LogP contribution in [0.4, 0.5) is 18.9 Å². The smallest absolute Gasteiger partial charge is 0.274 e. The van der Waals surface area contributed by atoms with Gasteiger partial charge in [-0.05, 0) is 43.7 Å². The van der Waals surface area contributed by atoms with E-state index in [-0.39, 0.29) is 22.5 Å². The zero-order valence-corrected chi connectivity index (χ0v) is 16.7. The van der Waals surface area contributed by atoms with Gasteiger partial charge < -0.3 is 11.1 Å². The summed E-state index contributed by atoms with van der Waals surface area (Å²) in [5, 5.41) is 11.4. The molecule has 0 fully saturated rings. The lowest BCUT2D eigenvalue weighted by Gasteiger charge is -2.38. The number of benzene rings is 1. The van der Waals surface area contributed by atoms with Crippen LogP contribution in [0.25, 0.3) is 0 Å². The van der Waals surface area contributed by atoms with Gasteiger partial charge in [0.1, 0.15) is 29.6 Å². The molecule has 0 spiro atoms. The quantitative estimate of drug-likeness (QED) is 0.736. The molecule has 0 bridgehead atoms. The number of nitrogens with one attached hydrogen (secondary N) is 1. The Hall–Kier alpha value is -3.85. The van der Waals surface area contributed by atoms with Crippen LogP contribution < -0.4 is 11.1 Å². The minimum atomic E-state index is -2.22. The SMILES string of the molecule is C#C[C@]1(c2cc(NC(=O)c3ncc(C#N)cc3C)ccc2F)N=C(N)[C@@](C)(F)C[C@@H]1F. The van der Waals surface area contributed by atoms with Crippen LogP contribution in [0.1, 0.15) is 40.5 Å². The second kappa shape index (κ2) is 7.77. The van der Waals surface area contributed by atoms with Gasteiger partial charge >= 0.3 is 0 Å². The number of halogens is 3. The maximum absolute atomic E-state index is 15.0. The summed E-state index contributed by atoms with van der Waals surface area (Å²) in [6.07, 6.45) is 4.00. The number of nitrogens with two attached hydrogens (primary N) is 1. The number of nitrogens with zero attached hydrogens (tertiary/aromatic N) is 3. The van der Waals surface area contributed by atoms with E-state index in [2.05, 4.69) is 21.2 Å². The molecule has 31 heavy (non-hydrogen) atoms. The molecule has 1 aliphatic rings. The molecule has 158 valence electrons. The highest BCUT2D eigenvalue weighted by atomic mass is 19.2. The maximum Gasteiger partial charge on any atom is 0.274 e. The maximum atomic E-state index is 15.0. The predicted molar refractivity (Wildman–Crippen MR) is 109 cm³/mol. The molecule has 2 heterocycles. The molecule has 0 aliphatic carbocycles. The average Bonchev–Trinajstić information content (AvgIpc) is 2.71. The number of alkyl halides is 2. The number of anilines is 1. The Bertz CT molecular complexity index is 1180. The predicted octanol–water partition coefficient (Wildman–Crippen LogP) is 3.31. The Labute approximate surface area is 177 Å². The Kier molecular flexibility index (Phi) is 5.47. The van der Waals surface area contributed by atoms with E-state index in [1.165, 1.54) is 18.3 Å². The second-order valence-corrected chi connectivity index (χ2v) is 7.43. The van der Waals surface area contributed by atoms with Gasteiger partial charge in [0.2, 0.25) is 0 Å². The van der Waals surface area contributed by atoms with Crippen LogP contribution >= 0.6 is 0 Å². The van der Waals surface area contributed by atoms with Gasteiger partial charge in [0.05, 0.1) is 5.56 Å². The lowest BCUT2D eigenvalue weighted by atomic mass is 9.78. The summed E-state index contributed by atoms with van der Waals surface area (Å²) in [5.74, 6) is 0.0707. The number of amidine groups is 1. The topological polar surface area (TPSA) is 104 Å². The number of aryl methyl sites for hydroxylation is 1. The van der Waals surface area contributed by atoms with Crippen LogP contribution in [0, 0.1) is 36.4 Å². The van der Waals surface area contributed by atoms with Crippen molar-refractivity contribution in [1.29, 1.82) is 5.26 Å². The van der Waals surface area contributed by atoms with E-state index >= 15 is 0 Å². The number of pyridine rings is 1. The van der Waals surface area contributed by atoms with E-state index in [0.717, 1.165) is 19.1 Å². The number of aromatic nitrogens is 1. The fourth-order valence-electron chi connectivity index (χ4n) is 3.35. The van der Waals surface area contributed by atoms with Crippen molar-refractivity contribution in [3.05, 3.63) is 58.7 Å². The fraction of sp³-hybridized carbons (Fsp3) is 0.273. The Morgan fingerprint density at radius 2 is 2.13 bits per heavy atom. The number of rotatable bonds is 3. The molecule has 3 N–H and O–H groups in total. The Morgan fingerprint density at radius 1 is 1.42 bits per heavy atom. The third-order valence-electron chi connectivity index (χ3n) is 5.12. The van der Waals surface area contributed by atoms with Gasteiger partial charge in [-0.25, -0.2) is 23.1 Å². The first-order valence-corrected chi connectivity index (χ1v) is 9.18. The van der Waals surface area contributed by atoms with Gasteiger partial charge in [-0.15, -0.1) is 6.42 Å². The first-order valence-electron chi connectivity index (χ1n) is 9.18. The van der Waals surface area contributed by atoms with E-state index in [1.54, 1.807) is 6.92 Å². The molecular formula is C22H18F3N5O. The molecule has 1 aromatic carbocycles. The molecule has 0 radical (unpaired) electrons. The number of carbonyl (C=O) groups excluding carboxylic acids is 1. The summed E-state index contributed by atoms with van der Waals surface area (Å²) in [4.78, 5) is 20.4. The number of nitriles is 1. The molecule has 1 aromatic heterocycles. The van der Waals surface area contributed by atoms with Crippen LogP contribution in [-0.2, 0) is 5.54 Å². The molecule has 3 atom stereocenters. The van der Waals surface area contributed by atoms with Gasteiger partial charge in [0.15, 0.2) is 11.2 Å². The first kappa shape index (κ1) is 21.8. The lowest BCUT2D eigenvalue weighted by molar-refractivity contribution is 0.102. The van der Waals surface area contributed by atoms with Crippen molar-refractivity contribution >= 4 is 17.4 Å². The summed E-state index contributed by atoms with van der Waals surface area (Å²) in [6.45, 7) is 2.67. The first-order chi connectivity index (χ1) is 14.5. The normalized spacial score (nSPS) is 25.1. The van der Waals surface area contributed by atoms with Gasteiger partial charge in [-0.3, -0.25) is 4.79 Å². The van der Waals surface area contributed by atoms with Gasteiger partial charge in [0.25, 0.3) is 5.91 Å². The van der Waals surface area contributed by atoms with Crippen molar-refractivity contribution < 1.29 is 18.0 Å². The summed E-state index contributed by atoms with van der Waals surface area (Å²) < 4.78 is 44.1. The Balaban J connectivity index is 2.01. The number of carbonyl (C=O) groups is 1. The summed E-state index contributed by atoms with van der Waals surface area (Å²) >= 11 is 0. The highest BCUT2D eigenvalue weighted by Crippen LogP contribution is 2.42. The molecule has 1 amide bonds. The third kappa shape index (κ3) is 3.82. The highest BCUT2D eigenvalue weighted by Gasteiger charge is 2.51. The molecule has 2 aromatic rings. The van der Waals surface area contributed by atoms with E-state index in [4.69, 9.17) is 17.4 Å². The van der Waals surface area contributed by atoms with E-state index in [9.17, 15) is 18.0 Å². The monoisotopic (exact) mass is 425 g/mol. The van der Waals surface area contributed by atoms with E-state index in [0.29, 0.717) is 5.56 Å².